The molecule has 2 unspecified atom stereocenters. The van der Waals surface area contributed by atoms with E-state index in [9.17, 15) is 0 Å². The molecule has 0 amide bonds. The molecule has 2 aromatic rings. The van der Waals surface area contributed by atoms with Crippen molar-refractivity contribution in [1.82, 2.24) is 9.97 Å². The third-order valence-corrected chi connectivity index (χ3v) is 4.75. The monoisotopic (exact) mass is 261 g/mol. The van der Waals surface area contributed by atoms with Gasteiger partial charge in [-0.1, -0.05) is 19.8 Å². The lowest BCUT2D eigenvalue weighted by atomic mass is 10.0. The minimum Gasteiger partial charge on any atom is -0.366 e. The summed E-state index contributed by atoms with van der Waals surface area (Å²) in [5, 5.41) is 5.71. The summed E-state index contributed by atoms with van der Waals surface area (Å²) in [5.74, 6) is 1.90. The smallest absolute Gasteiger partial charge is 0.147 e. The average Bonchev–Trinajstić information content (AvgIpc) is 2.76. The van der Waals surface area contributed by atoms with Gasteiger partial charge in [0.2, 0.25) is 0 Å². The van der Waals surface area contributed by atoms with Crippen molar-refractivity contribution in [3.8, 4) is 0 Å². The highest BCUT2D eigenvalue weighted by Gasteiger charge is 2.17. The molecule has 2 atom stereocenters. The van der Waals surface area contributed by atoms with Gasteiger partial charge in [0.05, 0.1) is 10.2 Å². The van der Waals surface area contributed by atoms with Crippen LogP contribution in [0.3, 0.4) is 0 Å². The molecule has 2 aromatic heterocycles. The van der Waals surface area contributed by atoms with Gasteiger partial charge in [0.15, 0.2) is 0 Å². The Balaban J connectivity index is 1.77. The zero-order valence-corrected chi connectivity index (χ0v) is 11.5. The molecule has 3 rings (SSSR count). The van der Waals surface area contributed by atoms with Crippen LogP contribution in [0.2, 0.25) is 0 Å². The zero-order valence-electron chi connectivity index (χ0n) is 10.7. The van der Waals surface area contributed by atoms with Gasteiger partial charge in [0.25, 0.3) is 0 Å². The highest BCUT2D eigenvalue weighted by molar-refractivity contribution is 7.17. The quantitative estimate of drug-likeness (QED) is 0.828. The maximum absolute atomic E-state index is 4.41. The molecule has 1 N–H and O–H groups in total. The SMILES string of the molecule is CC1CCCC(Nc2ncnc3ccsc23)CC1. The van der Waals surface area contributed by atoms with E-state index < -0.39 is 0 Å². The lowest BCUT2D eigenvalue weighted by Gasteiger charge is -2.17. The molecule has 1 aliphatic rings. The standard InChI is InChI=1S/C14H19N3S/c1-10-3-2-4-11(6-5-10)17-14-13-12(7-8-18-13)15-9-16-14/h7-11H,2-6H2,1H3,(H,15,16,17). The van der Waals surface area contributed by atoms with Crippen molar-refractivity contribution < 1.29 is 0 Å². The van der Waals surface area contributed by atoms with E-state index in [1.165, 1.54) is 36.8 Å². The molecule has 0 spiro atoms. The Kier molecular flexibility index (Phi) is 3.46. The minimum absolute atomic E-state index is 0.579. The summed E-state index contributed by atoms with van der Waals surface area (Å²) < 4.78 is 1.19. The van der Waals surface area contributed by atoms with E-state index in [4.69, 9.17) is 0 Å². The zero-order chi connectivity index (χ0) is 12.4. The van der Waals surface area contributed by atoms with Crippen molar-refractivity contribution in [1.29, 1.82) is 0 Å². The Labute approximate surface area is 112 Å². The Hall–Kier alpha value is -1.16. The molecule has 1 saturated carbocycles. The fourth-order valence-electron chi connectivity index (χ4n) is 2.72. The second-order valence-corrected chi connectivity index (χ2v) is 6.23. The number of aromatic nitrogens is 2. The van der Waals surface area contributed by atoms with Gasteiger partial charge < -0.3 is 5.32 Å². The maximum Gasteiger partial charge on any atom is 0.147 e. The summed E-state index contributed by atoms with van der Waals surface area (Å²) in [4.78, 5) is 8.70. The van der Waals surface area contributed by atoms with Gasteiger partial charge in [-0.25, -0.2) is 9.97 Å². The first-order valence-corrected chi connectivity index (χ1v) is 7.65. The highest BCUT2D eigenvalue weighted by atomic mass is 32.1. The lowest BCUT2D eigenvalue weighted by Crippen LogP contribution is -2.19. The summed E-state index contributed by atoms with van der Waals surface area (Å²) in [6.45, 7) is 2.37. The lowest BCUT2D eigenvalue weighted by molar-refractivity contribution is 0.502. The van der Waals surface area contributed by atoms with Gasteiger partial charge in [0.1, 0.15) is 12.1 Å². The third kappa shape index (κ3) is 2.48. The molecule has 1 fully saturated rings. The Bertz CT molecular complexity index is 522. The Morgan fingerprint density at radius 2 is 2.17 bits per heavy atom. The van der Waals surface area contributed by atoms with Crippen molar-refractivity contribution in [3.63, 3.8) is 0 Å². The molecule has 0 bridgehead atoms. The molecule has 2 heterocycles. The minimum atomic E-state index is 0.579. The van der Waals surface area contributed by atoms with Crippen LogP contribution >= 0.6 is 11.3 Å². The van der Waals surface area contributed by atoms with E-state index in [0.717, 1.165) is 17.3 Å². The number of nitrogens with one attached hydrogen (secondary N) is 1. The Morgan fingerprint density at radius 3 is 3.11 bits per heavy atom. The average molecular weight is 261 g/mol. The predicted octanol–water partition coefficient (Wildman–Crippen LogP) is 4.07. The first kappa shape index (κ1) is 11.9. The fraction of sp³-hybridized carbons (Fsp3) is 0.571. The van der Waals surface area contributed by atoms with Crippen molar-refractivity contribution in [2.75, 3.05) is 5.32 Å². The van der Waals surface area contributed by atoms with Crippen molar-refractivity contribution in [2.45, 2.75) is 45.1 Å². The van der Waals surface area contributed by atoms with Crippen molar-refractivity contribution in [2.24, 2.45) is 5.92 Å². The van der Waals surface area contributed by atoms with Crippen LogP contribution in [0.1, 0.15) is 39.0 Å². The number of anilines is 1. The summed E-state index contributed by atoms with van der Waals surface area (Å²) in [6, 6.07) is 2.64. The van der Waals surface area contributed by atoms with Gasteiger partial charge in [-0.15, -0.1) is 11.3 Å². The van der Waals surface area contributed by atoms with Crippen LogP contribution in [0.15, 0.2) is 17.8 Å². The summed E-state index contributed by atoms with van der Waals surface area (Å²) in [6.07, 6.45) is 8.22. The number of thiophene rings is 1. The molecule has 0 aromatic carbocycles. The van der Waals surface area contributed by atoms with Gasteiger partial charge in [-0.05, 0) is 36.6 Å². The van der Waals surface area contributed by atoms with Crippen LogP contribution in [0.25, 0.3) is 10.2 Å². The second kappa shape index (κ2) is 5.22. The molecule has 0 radical (unpaired) electrons. The van der Waals surface area contributed by atoms with E-state index in [1.807, 2.05) is 0 Å². The summed E-state index contributed by atoms with van der Waals surface area (Å²) >= 11 is 1.72. The van der Waals surface area contributed by atoms with Gasteiger partial charge in [-0.3, -0.25) is 0 Å². The third-order valence-electron chi connectivity index (χ3n) is 3.84. The molecule has 0 aliphatic heterocycles. The van der Waals surface area contributed by atoms with E-state index in [2.05, 4.69) is 33.7 Å². The van der Waals surface area contributed by atoms with E-state index in [0.29, 0.717) is 6.04 Å². The molecule has 96 valence electrons. The molecular formula is C14H19N3S. The molecule has 1 aliphatic carbocycles. The number of hydrogen-bond acceptors (Lipinski definition) is 4. The van der Waals surface area contributed by atoms with Crippen molar-refractivity contribution >= 4 is 27.4 Å². The summed E-state index contributed by atoms with van der Waals surface area (Å²) in [7, 11) is 0. The van der Waals surface area contributed by atoms with E-state index >= 15 is 0 Å². The van der Waals surface area contributed by atoms with Crippen LogP contribution in [0, 0.1) is 5.92 Å². The number of fused-ring (bicyclic) bond motifs is 1. The van der Waals surface area contributed by atoms with E-state index in [1.54, 1.807) is 17.7 Å². The molecule has 4 heteroatoms. The van der Waals surface area contributed by atoms with Crippen LogP contribution in [-0.2, 0) is 0 Å². The van der Waals surface area contributed by atoms with Gasteiger partial charge >= 0.3 is 0 Å². The van der Waals surface area contributed by atoms with Crippen LogP contribution in [0.4, 0.5) is 5.82 Å². The van der Waals surface area contributed by atoms with Crippen LogP contribution in [0.5, 0.6) is 0 Å². The topological polar surface area (TPSA) is 37.8 Å². The van der Waals surface area contributed by atoms with Gasteiger partial charge in [0, 0.05) is 6.04 Å². The summed E-state index contributed by atoms with van der Waals surface area (Å²) in [5.41, 5.74) is 1.06. The van der Waals surface area contributed by atoms with Crippen LogP contribution in [-0.4, -0.2) is 16.0 Å². The number of hydrogen-bond donors (Lipinski definition) is 1. The van der Waals surface area contributed by atoms with Crippen LogP contribution < -0.4 is 5.32 Å². The maximum atomic E-state index is 4.41. The largest absolute Gasteiger partial charge is 0.366 e. The number of rotatable bonds is 2. The molecular weight excluding hydrogens is 242 g/mol. The predicted molar refractivity (Wildman–Crippen MR) is 77.1 cm³/mol. The second-order valence-electron chi connectivity index (χ2n) is 5.31. The van der Waals surface area contributed by atoms with Gasteiger partial charge in [-0.2, -0.15) is 0 Å². The molecule has 0 saturated heterocycles. The fourth-order valence-corrected chi connectivity index (χ4v) is 3.51. The first-order chi connectivity index (χ1) is 8.83. The number of nitrogens with zero attached hydrogens (tertiary/aromatic N) is 2. The molecule has 3 nitrogen and oxygen atoms in total. The highest BCUT2D eigenvalue weighted by Crippen LogP contribution is 2.29. The Morgan fingerprint density at radius 1 is 1.22 bits per heavy atom. The first-order valence-electron chi connectivity index (χ1n) is 6.77. The van der Waals surface area contributed by atoms with Crippen molar-refractivity contribution in [3.05, 3.63) is 17.8 Å². The normalized spacial score (nSPS) is 24.9. The molecule has 18 heavy (non-hydrogen) atoms. The van der Waals surface area contributed by atoms with E-state index in [-0.39, 0.29) is 0 Å².